The lowest BCUT2D eigenvalue weighted by Crippen LogP contribution is -2.37. The van der Waals surface area contributed by atoms with Crippen molar-refractivity contribution in [2.75, 3.05) is 13.2 Å². The van der Waals surface area contributed by atoms with Crippen LogP contribution in [0.3, 0.4) is 0 Å². The maximum Gasteiger partial charge on any atom is 0.243 e. The third kappa shape index (κ3) is 6.95. The van der Waals surface area contributed by atoms with Crippen molar-refractivity contribution in [2.45, 2.75) is 69.7 Å². The first-order valence-corrected chi connectivity index (χ1v) is 14.2. The van der Waals surface area contributed by atoms with Gasteiger partial charge in [0.1, 0.15) is 0 Å². The lowest BCUT2D eigenvalue weighted by Gasteiger charge is -2.30. The molecule has 0 saturated heterocycles. The molecule has 1 aromatic heterocycles. The van der Waals surface area contributed by atoms with Gasteiger partial charge in [-0.1, -0.05) is 32.0 Å². The highest BCUT2D eigenvalue weighted by molar-refractivity contribution is 7.89. The monoisotopic (exact) mass is 500 g/mol. The van der Waals surface area contributed by atoms with Crippen LogP contribution in [-0.2, 0) is 21.0 Å². The molecule has 0 saturated carbocycles. The number of thiophene rings is 1. The zero-order valence-electron chi connectivity index (χ0n) is 19.7. The minimum absolute atomic E-state index is 0.164. The van der Waals surface area contributed by atoms with E-state index in [1.54, 1.807) is 30.3 Å². The van der Waals surface area contributed by atoms with E-state index in [0.717, 1.165) is 9.75 Å². The average Bonchev–Trinajstić information content (AvgIpc) is 3.20. The molecular formula is C23H36N2O4S3. The van der Waals surface area contributed by atoms with Crippen LogP contribution in [0.4, 0.5) is 0 Å². The molecule has 180 valence electrons. The van der Waals surface area contributed by atoms with Gasteiger partial charge in [-0.25, -0.2) is 17.3 Å². The summed E-state index contributed by atoms with van der Waals surface area (Å²) in [5.41, 5.74) is 0. The van der Waals surface area contributed by atoms with Crippen LogP contribution in [0.25, 0.3) is 0 Å². The molecule has 1 aromatic carbocycles. The number of aliphatic hydroxyl groups excluding tert-OH is 1. The van der Waals surface area contributed by atoms with Crippen molar-refractivity contribution < 1.29 is 17.7 Å². The summed E-state index contributed by atoms with van der Waals surface area (Å²) >= 11 is 1.44. The minimum Gasteiger partial charge on any atom is -0.394 e. The van der Waals surface area contributed by atoms with Gasteiger partial charge in [0, 0.05) is 16.3 Å². The standard InChI is InChI=1S/C23H36N2O4S3/c1-17(2)14-15-25(32(28,29)19-10-8-7-9-11-19)20(16-26)22-13-12-21(30-22)18(3)24-31(27)23(4,5)6/h7-13,17-18,20,24,26H,14-16H2,1-6H3. The highest BCUT2D eigenvalue weighted by Crippen LogP contribution is 2.34. The summed E-state index contributed by atoms with van der Waals surface area (Å²) < 4.78 is 43.6. The lowest BCUT2D eigenvalue weighted by atomic mass is 10.1. The summed E-state index contributed by atoms with van der Waals surface area (Å²) in [7, 11) is -5.02. The van der Waals surface area contributed by atoms with E-state index in [1.165, 1.54) is 15.6 Å². The Morgan fingerprint density at radius 1 is 1.06 bits per heavy atom. The Labute approximate surface area is 199 Å². The van der Waals surface area contributed by atoms with Gasteiger partial charge >= 0.3 is 0 Å². The highest BCUT2D eigenvalue weighted by Gasteiger charge is 2.33. The normalized spacial score (nSPS) is 15.8. The van der Waals surface area contributed by atoms with E-state index in [1.807, 2.05) is 53.7 Å². The van der Waals surface area contributed by atoms with Gasteiger partial charge in [0.05, 0.1) is 39.3 Å². The maximum atomic E-state index is 13.5. The first kappa shape index (κ1) is 27.1. The molecule has 0 radical (unpaired) electrons. The van der Waals surface area contributed by atoms with E-state index in [4.69, 9.17) is 0 Å². The third-order valence-corrected chi connectivity index (χ3v) is 10.0. The molecule has 0 aliphatic heterocycles. The molecule has 6 nitrogen and oxygen atoms in total. The minimum atomic E-state index is -3.79. The second-order valence-electron chi connectivity index (χ2n) is 9.27. The topological polar surface area (TPSA) is 86.7 Å². The van der Waals surface area contributed by atoms with Crippen LogP contribution in [-0.4, -0.2) is 39.9 Å². The fraction of sp³-hybridized carbons (Fsp3) is 0.565. The first-order chi connectivity index (χ1) is 14.9. The van der Waals surface area contributed by atoms with Crippen LogP contribution in [0.5, 0.6) is 0 Å². The molecule has 0 bridgehead atoms. The van der Waals surface area contributed by atoms with Gasteiger partial charge in [-0.05, 0) is 64.3 Å². The predicted molar refractivity (Wildman–Crippen MR) is 133 cm³/mol. The molecule has 1 heterocycles. The fourth-order valence-electron chi connectivity index (χ4n) is 3.06. The molecule has 2 aromatic rings. The van der Waals surface area contributed by atoms with Crippen molar-refractivity contribution >= 4 is 32.3 Å². The average molecular weight is 501 g/mol. The van der Waals surface area contributed by atoms with Gasteiger partial charge in [0.15, 0.2) is 0 Å². The quantitative estimate of drug-likeness (QED) is 0.471. The van der Waals surface area contributed by atoms with Crippen LogP contribution >= 0.6 is 11.3 Å². The Balaban J connectivity index is 2.36. The summed E-state index contributed by atoms with van der Waals surface area (Å²) in [4.78, 5) is 1.92. The lowest BCUT2D eigenvalue weighted by molar-refractivity contribution is 0.186. The summed E-state index contributed by atoms with van der Waals surface area (Å²) in [6, 6.07) is 11.3. The van der Waals surface area contributed by atoms with E-state index in [2.05, 4.69) is 4.72 Å². The number of hydrogen-bond acceptors (Lipinski definition) is 5. The van der Waals surface area contributed by atoms with Crippen molar-refractivity contribution in [3.05, 3.63) is 52.2 Å². The molecule has 9 heteroatoms. The Morgan fingerprint density at radius 2 is 1.66 bits per heavy atom. The number of rotatable bonds is 11. The summed E-state index contributed by atoms with van der Waals surface area (Å²) in [6.07, 6.45) is 0.684. The Bertz CT molecular complexity index is 982. The van der Waals surface area contributed by atoms with E-state index in [9.17, 15) is 17.7 Å². The SMILES string of the molecule is CC(C)CCN(C(CO)c1ccc(C(C)NS(=O)C(C)(C)C)s1)S(=O)(=O)c1ccccc1. The van der Waals surface area contributed by atoms with Crippen LogP contribution in [0, 0.1) is 5.92 Å². The Morgan fingerprint density at radius 3 is 2.19 bits per heavy atom. The van der Waals surface area contributed by atoms with Crippen molar-refractivity contribution in [1.29, 1.82) is 0 Å². The van der Waals surface area contributed by atoms with Gasteiger partial charge < -0.3 is 5.11 Å². The van der Waals surface area contributed by atoms with Gasteiger partial charge in [0.2, 0.25) is 10.0 Å². The molecule has 0 aliphatic carbocycles. The Kier molecular flexibility index (Phi) is 9.63. The van der Waals surface area contributed by atoms with Crippen LogP contribution in [0.2, 0.25) is 0 Å². The molecule has 3 unspecified atom stereocenters. The number of nitrogens with one attached hydrogen (secondary N) is 1. The van der Waals surface area contributed by atoms with Crippen LogP contribution in [0.15, 0.2) is 47.4 Å². The van der Waals surface area contributed by atoms with Gasteiger partial charge in [-0.15, -0.1) is 11.3 Å². The molecule has 3 atom stereocenters. The van der Waals surface area contributed by atoms with Crippen LogP contribution < -0.4 is 4.72 Å². The van der Waals surface area contributed by atoms with Crippen molar-refractivity contribution in [1.82, 2.24) is 9.03 Å². The predicted octanol–water partition coefficient (Wildman–Crippen LogP) is 4.63. The van der Waals surface area contributed by atoms with Gasteiger partial charge in [0.25, 0.3) is 0 Å². The number of hydrogen-bond donors (Lipinski definition) is 2. The van der Waals surface area contributed by atoms with Crippen molar-refractivity contribution in [3.63, 3.8) is 0 Å². The third-order valence-electron chi connectivity index (χ3n) is 5.04. The maximum absolute atomic E-state index is 13.5. The van der Waals surface area contributed by atoms with Gasteiger partial charge in [-0.3, -0.25) is 0 Å². The number of aliphatic hydroxyl groups is 1. The molecule has 32 heavy (non-hydrogen) atoms. The highest BCUT2D eigenvalue weighted by atomic mass is 32.2. The molecular weight excluding hydrogens is 464 g/mol. The molecule has 0 spiro atoms. The molecule has 0 amide bonds. The summed E-state index contributed by atoms with van der Waals surface area (Å²) in [6.45, 7) is 11.8. The zero-order chi connectivity index (χ0) is 24.1. The Hall–Kier alpha value is -1.10. The second-order valence-corrected chi connectivity index (χ2v) is 14.3. The largest absolute Gasteiger partial charge is 0.394 e. The fourth-order valence-corrected chi connectivity index (χ4v) is 6.75. The number of benzene rings is 1. The molecule has 2 N–H and O–H groups in total. The number of sulfonamides is 1. The van der Waals surface area contributed by atoms with Crippen molar-refractivity contribution in [3.8, 4) is 0 Å². The first-order valence-electron chi connectivity index (χ1n) is 10.8. The van der Waals surface area contributed by atoms with E-state index in [-0.39, 0.29) is 22.3 Å². The van der Waals surface area contributed by atoms with Gasteiger partial charge in [-0.2, -0.15) is 4.31 Å². The van der Waals surface area contributed by atoms with Crippen molar-refractivity contribution in [2.24, 2.45) is 5.92 Å². The molecule has 2 rings (SSSR count). The van der Waals surface area contributed by atoms with Crippen LogP contribution in [0.1, 0.15) is 69.8 Å². The van der Waals surface area contributed by atoms with E-state index >= 15 is 0 Å². The van der Waals surface area contributed by atoms with E-state index < -0.39 is 27.1 Å². The number of nitrogens with zero attached hydrogens (tertiary/aromatic N) is 1. The second kappa shape index (κ2) is 11.4. The molecule has 0 fully saturated rings. The smallest absolute Gasteiger partial charge is 0.243 e. The summed E-state index contributed by atoms with van der Waals surface area (Å²) in [5.74, 6) is 0.318. The van der Waals surface area contributed by atoms with E-state index in [0.29, 0.717) is 18.9 Å². The zero-order valence-corrected chi connectivity index (χ0v) is 22.2. The molecule has 0 aliphatic rings. The summed E-state index contributed by atoms with van der Waals surface area (Å²) in [5, 5.41) is 10.3.